The summed E-state index contributed by atoms with van der Waals surface area (Å²) in [5.74, 6) is 0.966. The van der Waals surface area contributed by atoms with Gasteiger partial charge in [0.25, 0.3) is 0 Å². The van der Waals surface area contributed by atoms with Crippen LogP contribution >= 0.6 is 0 Å². The molecule has 0 radical (unpaired) electrons. The Kier molecular flexibility index (Phi) is 4.40. The Morgan fingerprint density at radius 3 is 2.94 bits per heavy atom. The summed E-state index contributed by atoms with van der Waals surface area (Å²) in [5.41, 5.74) is -0.270. The molecule has 0 bridgehead atoms. The van der Waals surface area contributed by atoms with Gasteiger partial charge in [0, 0.05) is 6.54 Å². The van der Waals surface area contributed by atoms with Crippen molar-refractivity contribution in [1.82, 2.24) is 16.0 Å². The molecule has 98 valence electrons. The van der Waals surface area contributed by atoms with Crippen LogP contribution in [-0.2, 0) is 4.79 Å². The van der Waals surface area contributed by atoms with E-state index in [-0.39, 0.29) is 11.4 Å². The maximum atomic E-state index is 12.2. The number of hydrogen-bond acceptors (Lipinski definition) is 3. The lowest BCUT2D eigenvalue weighted by atomic mass is 9.93. The third kappa shape index (κ3) is 2.99. The van der Waals surface area contributed by atoms with Crippen molar-refractivity contribution in [3.63, 3.8) is 0 Å². The zero-order valence-corrected chi connectivity index (χ0v) is 10.8. The van der Waals surface area contributed by atoms with Gasteiger partial charge in [-0.05, 0) is 57.7 Å². The second-order valence-electron chi connectivity index (χ2n) is 5.37. The molecular formula is C13H25N3O. The van der Waals surface area contributed by atoms with Crippen LogP contribution in [0, 0.1) is 5.92 Å². The molecule has 0 aromatic heterocycles. The van der Waals surface area contributed by atoms with E-state index in [9.17, 15) is 4.79 Å². The zero-order chi connectivity index (χ0) is 12.1. The van der Waals surface area contributed by atoms with E-state index in [2.05, 4.69) is 22.9 Å². The molecule has 0 aromatic carbocycles. The fraction of sp³-hybridized carbons (Fsp3) is 0.923. The minimum atomic E-state index is -0.270. The van der Waals surface area contributed by atoms with Crippen molar-refractivity contribution in [2.24, 2.45) is 5.92 Å². The van der Waals surface area contributed by atoms with Crippen molar-refractivity contribution < 1.29 is 4.79 Å². The minimum Gasteiger partial charge on any atom is -0.354 e. The molecule has 0 spiro atoms. The van der Waals surface area contributed by atoms with Gasteiger partial charge in [-0.25, -0.2) is 0 Å². The molecule has 0 aromatic rings. The molecule has 2 aliphatic heterocycles. The van der Waals surface area contributed by atoms with Gasteiger partial charge in [0.1, 0.15) is 0 Å². The predicted octanol–water partition coefficient (Wildman–Crippen LogP) is 0.634. The average Bonchev–Trinajstić information content (AvgIpc) is 3.00. The van der Waals surface area contributed by atoms with Crippen LogP contribution in [0.15, 0.2) is 0 Å². The second kappa shape index (κ2) is 5.83. The summed E-state index contributed by atoms with van der Waals surface area (Å²) < 4.78 is 0. The van der Waals surface area contributed by atoms with Crippen LogP contribution < -0.4 is 16.0 Å². The summed E-state index contributed by atoms with van der Waals surface area (Å²) in [6, 6.07) is 0. The van der Waals surface area contributed by atoms with E-state index in [0.29, 0.717) is 0 Å². The molecule has 4 heteroatoms. The highest BCUT2D eigenvalue weighted by atomic mass is 16.2. The maximum Gasteiger partial charge on any atom is 0.240 e. The highest BCUT2D eigenvalue weighted by Gasteiger charge is 2.38. The summed E-state index contributed by atoms with van der Waals surface area (Å²) in [5, 5.41) is 9.85. The number of carbonyl (C=O) groups is 1. The number of nitrogens with one attached hydrogen (secondary N) is 3. The Hall–Kier alpha value is -0.610. The quantitative estimate of drug-likeness (QED) is 0.660. The van der Waals surface area contributed by atoms with Crippen molar-refractivity contribution >= 4 is 5.91 Å². The van der Waals surface area contributed by atoms with Crippen LogP contribution in [0.25, 0.3) is 0 Å². The minimum absolute atomic E-state index is 0.212. The lowest BCUT2D eigenvalue weighted by Gasteiger charge is -2.27. The molecule has 2 aliphatic rings. The van der Waals surface area contributed by atoms with E-state index in [0.717, 1.165) is 57.8 Å². The van der Waals surface area contributed by atoms with Crippen LogP contribution in [0.2, 0.25) is 0 Å². The van der Waals surface area contributed by atoms with Crippen LogP contribution in [0.4, 0.5) is 0 Å². The van der Waals surface area contributed by atoms with Gasteiger partial charge < -0.3 is 16.0 Å². The van der Waals surface area contributed by atoms with Gasteiger partial charge in [0.05, 0.1) is 5.54 Å². The third-order valence-electron chi connectivity index (χ3n) is 4.28. The molecule has 2 fully saturated rings. The number of carbonyl (C=O) groups excluding carboxylic acids is 1. The van der Waals surface area contributed by atoms with Gasteiger partial charge in [-0.2, -0.15) is 0 Å². The SMILES string of the molecule is CCC1(C(=O)NCCC2CCNC2)CCCN1. The third-order valence-corrected chi connectivity index (χ3v) is 4.28. The molecule has 0 saturated carbocycles. The second-order valence-corrected chi connectivity index (χ2v) is 5.37. The zero-order valence-electron chi connectivity index (χ0n) is 10.8. The van der Waals surface area contributed by atoms with Crippen molar-refractivity contribution in [2.45, 2.75) is 44.6 Å². The number of amides is 1. The molecule has 2 saturated heterocycles. The smallest absolute Gasteiger partial charge is 0.240 e. The van der Waals surface area contributed by atoms with E-state index in [1.165, 1.54) is 6.42 Å². The molecule has 2 atom stereocenters. The van der Waals surface area contributed by atoms with Gasteiger partial charge in [-0.3, -0.25) is 4.79 Å². The van der Waals surface area contributed by atoms with Crippen LogP contribution in [0.5, 0.6) is 0 Å². The van der Waals surface area contributed by atoms with Gasteiger partial charge in [-0.15, -0.1) is 0 Å². The van der Waals surface area contributed by atoms with Crippen molar-refractivity contribution in [3.05, 3.63) is 0 Å². The number of rotatable bonds is 5. The van der Waals surface area contributed by atoms with Gasteiger partial charge in [0.15, 0.2) is 0 Å². The molecule has 1 amide bonds. The molecular weight excluding hydrogens is 214 g/mol. The lowest BCUT2D eigenvalue weighted by Crippen LogP contribution is -2.53. The maximum absolute atomic E-state index is 12.2. The van der Waals surface area contributed by atoms with Crippen molar-refractivity contribution in [2.75, 3.05) is 26.2 Å². The lowest BCUT2D eigenvalue weighted by molar-refractivity contribution is -0.127. The van der Waals surface area contributed by atoms with E-state index in [4.69, 9.17) is 0 Å². The summed E-state index contributed by atoms with van der Waals surface area (Å²) in [6.07, 6.45) is 5.36. The fourth-order valence-corrected chi connectivity index (χ4v) is 2.98. The number of hydrogen-bond donors (Lipinski definition) is 3. The monoisotopic (exact) mass is 239 g/mol. The van der Waals surface area contributed by atoms with Crippen molar-refractivity contribution in [3.8, 4) is 0 Å². The largest absolute Gasteiger partial charge is 0.354 e. The van der Waals surface area contributed by atoms with E-state index in [1.54, 1.807) is 0 Å². The average molecular weight is 239 g/mol. The van der Waals surface area contributed by atoms with Gasteiger partial charge in [-0.1, -0.05) is 6.92 Å². The van der Waals surface area contributed by atoms with Crippen molar-refractivity contribution in [1.29, 1.82) is 0 Å². The summed E-state index contributed by atoms with van der Waals surface area (Å²) in [4.78, 5) is 12.2. The normalized spacial score (nSPS) is 32.9. The Balaban J connectivity index is 1.72. The van der Waals surface area contributed by atoms with Gasteiger partial charge >= 0.3 is 0 Å². The molecule has 2 heterocycles. The first-order valence-electron chi connectivity index (χ1n) is 7.01. The molecule has 2 unspecified atom stereocenters. The Labute approximate surface area is 104 Å². The first-order chi connectivity index (χ1) is 8.27. The fourth-order valence-electron chi connectivity index (χ4n) is 2.98. The van der Waals surface area contributed by atoms with E-state index < -0.39 is 0 Å². The molecule has 17 heavy (non-hydrogen) atoms. The summed E-state index contributed by atoms with van der Waals surface area (Å²) >= 11 is 0. The Morgan fingerprint density at radius 2 is 2.35 bits per heavy atom. The molecule has 0 aliphatic carbocycles. The molecule has 2 rings (SSSR count). The van der Waals surface area contributed by atoms with E-state index >= 15 is 0 Å². The standard InChI is InChI=1S/C13H25N3O/c1-2-13(6-3-7-16-13)12(17)15-9-5-11-4-8-14-10-11/h11,14,16H,2-10H2,1H3,(H,15,17). The first kappa shape index (κ1) is 12.8. The Bertz CT molecular complexity index is 255. The van der Waals surface area contributed by atoms with Crippen LogP contribution in [0.3, 0.4) is 0 Å². The highest BCUT2D eigenvalue weighted by molar-refractivity contribution is 5.86. The molecule has 4 nitrogen and oxygen atoms in total. The predicted molar refractivity (Wildman–Crippen MR) is 68.9 cm³/mol. The topological polar surface area (TPSA) is 53.2 Å². The molecule has 3 N–H and O–H groups in total. The summed E-state index contributed by atoms with van der Waals surface area (Å²) in [7, 11) is 0. The van der Waals surface area contributed by atoms with Crippen LogP contribution in [-0.4, -0.2) is 37.6 Å². The van der Waals surface area contributed by atoms with E-state index in [1.807, 2.05) is 0 Å². The first-order valence-corrected chi connectivity index (χ1v) is 7.01. The highest BCUT2D eigenvalue weighted by Crippen LogP contribution is 2.23. The van der Waals surface area contributed by atoms with Crippen LogP contribution in [0.1, 0.15) is 39.0 Å². The summed E-state index contributed by atoms with van der Waals surface area (Å²) in [6.45, 7) is 6.16. The Morgan fingerprint density at radius 1 is 1.47 bits per heavy atom. The van der Waals surface area contributed by atoms with Gasteiger partial charge in [0.2, 0.25) is 5.91 Å².